The van der Waals surface area contributed by atoms with Crippen LogP contribution < -0.4 is 5.32 Å². The van der Waals surface area contributed by atoms with Crippen LogP contribution in [0.3, 0.4) is 0 Å². The first-order valence-corrected chi connectivity index (χ1v) is 8.14. The minimum atomic E-state index is 0.107. The molecule has 1 aliphatic rings. The highest BCUT2D eigenvalue weighted by atomic mass is 15.2. The van der Waals surface area contributed by atoms with Gasteiger partial charge < -0.3 is 9.88 Å². The van der Waals surface area contributed by atoms with Gasteiger partial charge in [-0.25, -0.2) is 15.0 Å². The van der Waals surface area contributed by atoms with E-state index in [9.17, 15) is 0 Å². The Balaban J connectivity index is 1.86. The Labute approximate surface area is 132 Å². The lowest BCUT2D eigenvalue weighted by Crippen LogP contribution is -2.22. The molecule has 2 aromatic rings. The Morgan fingerprint density at radius 3 is 2.59 bits per heavy atom. The van der Waals surface area contributed by atoms with Crippen LogP contribution in [0.25, 0.3) is 0 Å². The summed E-state index contributed by atoms with van der Waals surface area (Å²) >= 11 is 0. The van der Waals surface area contributed by atoms with Gasteiger partial charge in [-0.2, -0.15) is 0 Å². The van der Waals surface area contributed by atoms with Crippen LogP contribution in [-0.4, -0.2) is 19.5 Å². The normalized spacial score (nSPS) is 16.6. The van der Waals surface area contributed by atoms with Crippen molar-refractivity contribution in [1.29, 1.82) is 0 Å². The van der Waals surface area contributed by atoms with Crippen molar-refractivity contribution in [1.82, 2.24) is 19.5 Å². The quantitative estimate of drug-likeness (QED) is 0.916. The third-order valence-corrected chi connectivity index (χ3v) is 4.49. The highest BCUT2D eigenvalue weighted by molar-refractivity contribution is 5.32. The lowest BCUT2D eigenvalue weighted by molar-refractivity contribution is 0.410. The van der Waals surface area contributed by atoms with Crippen molar-refractivity contribution in [3.05, 3.63) is 35.7 Å². The molecule has 2 aromatic heterocycles. The molecule has 0 bridgehead atoms. The van der Waals surface area contributed by atoms with E-state index >= 15 is 0 Å². The maximum absolute atomic E-state index is 4.76. The average molecular weight is 299 g/mol. The molecule has 1 fully saturated rings. The van der Waals surface area contributed by atoms with E-state index in [0.717, 1.165) is 17.5 Å². The number of hydrogen-bond acceptors (Lipinski definition) is 4. The molecule has 1 atom stereocenters. The first-order chi connectivity index (χ1) is 10.5. The summed E-state index contributed by atoms with van der Waals surface area (Å²) in [5.41, 5.74) is 2.21. The predicted molar refractivity (Wildman–Crippen MR) is 87.8 cm³/mol. The summed E-state index contributed by atoms with van der Waals surface area (Å²) < 4.78 is 2.06. The van der Waals surface area contributed by atoms with E-state index in [4.69, 9.17) is 4.98 Å². The van der Waals surface area contributed by atoms with E-state index in [0.29, 0.717) is 11.8 Å². The van der Waals surface area contributed by atoms with Crippen molar-refractivity contribution in [2.24, 2.45) is 13.0 Å². The number of nitrogens with zero attached hydrogens (tertiary/aromatic N) is 4. The topological polar surface area (TPSA) is 55.6 Å². The minimum absolute atomic E-state index is 0.107. The average Bonchev–Trinajstić information content (AvgIpc) is 2.79. The summed E-state index contributed by atoms with van der Waals surface area (Å²) in [5, 5.41) is 3.50. The van der Waals surface area contributed by atoms with Crippen LogP contribution >= 0.6 is 0 Å². The Kier molecular flexibility index (Phi) is 4.14. The number of hydrogen-bond donors (Lipinski definition) is 1. The first kappa shape index (κ1) is 15.0. The molecule has 1 aliphatic carbocycles. The molecule has 2 heterocycles. The summed E-state index contributed by atoms with van der Waals surface area (Å²) in [5.74, 6) is 2.76. The van der Waals surface area contributed by atoms with Crippen molar-refractivity contribution >= 4 is 5.95 Å². The van der Waals surface area contributed by atoms with E-state index in [2.05, 4.69) is 39.8 Å². The van der Waals surface area contributed by atoms with Gasteiger partial charge in [0.1, 0.15) is 5.82 Å². The Bertz CT molecular complexity index is 642. The number of aryl methyl sites for hydroxylation is 2. The Morgan fingerprint density at radius 1 is 1.27 bits per heavy atom. The molecule has 0 saturated heterocycles. The highest BCUT2D eigenvalue weighted by Crippen LogP contribution is 2.36. The zero-order valence-electron chi connectivity index (χ0n) is 13.9. The predicted octanol–water partition coefficient (Wildman–Crippen LogP) is 3.60. The van der Waals surface area contributed by atoms with Gasteiger partial charge in [0.15, 0.2) is 0 Å². The lowest BCUT2D eigenvalue weighted by atomic mass is 9.83. The van der Waals surface area contributed by atoms with E-state index < -0.39 is 0 Å². The second-order valence-electron chi connectivity index (χ2n) is 6.65. The molecule has 22 heavy (non-hydrogen) atoms. The van der Waals surface area contributed by atoms with Gasteiger partial charge in [-0.1, -0.05) is 20.3 Å². The maximum atomic E-state index is 4.76. The fraction of sp³-hybridized carbons (Fsp3) is 0.588. The third-order valence-electron chi connectivity index (χ3n) is 4.49. The van der Waals surface area contributed by atoms with Crippen molar-refractivity contribution in [3.63, 3.8) is 0 Å². The van der Waals surface area contributed by atoms with Crippen LogP contribution in [0.15, 0.2) is 18.5 Å². The van der Waals surface area contributed by atoms with E-state index in [1.807, 2.05) is 26.4 Å². The van der Waals surface area contributed by atoms with Crippen LogP contribution in [0.5, 0.6) is 0 Å². The molecule has 0 radical (unpaired) electrons. The van der Waals surface area contributed by atoms with Gasteiger partial charge in [0.25, 0.3) is 0 Å². The molecular formula is C17H25N5. The minimum Gasteiger partial charge on any atom is -0.344 e. The molecule has 0 amide bonds. The standard InChI is InChI=1S/C17H25N5/c1-11(2)15(16-18-8-9-22(16)4)21-17-19-12(3)10-14(20-17)13-6-5-7-13/h8-11,13,15H,5-7H2,1-4H3,(H,19,20,21)/t15-/m1/s1. The van der Waals surface area contributed by atoms with Crippen molar-refractivity contribution in [2.45, 2.75) is 52.0 Å². The Hall–Kier alpha value is -1.91. The summed E-state index contributed by atoms with van der Waals surface area (Å²) in [6, 6.07) is 2.23. The summed E-state index contributed by atoms with van der Waals surface area (Å²) in [4.78, 5) is 13.8. The summed E-state index contributed by atoms with van der Waals surface area (Å²) in [6.45, 7) is 6.42. The fourth-order valence-corrected chi connectivity index (χ4v) is 2.92. The zero-order valence-corrected chi connectivity index (χ0v) is 13.9. The number of rotatable bonds is 5. The van der Waals surface area contributed by atoms with Gasteiger partial charge in [0, 0.05) is 36.7 Å². The molecule has 0 aromatic carbocycles. The fourth-order valence-electron chi connectivity index (χ4n) is 2.92. The Morgan fingerprint density at radius 2 is 2.05 bits per heavy atom. The van der Waals surface area contributed by atoms with Crippen LogP contribution in [-0.2, 0) is 7.05 Å². The maximum Gasteiger partial charge on any atom is 0.223 e. The second kappa shape index (κ2) is 6.07. The molecule has 5 nitrogen and oxygen atoms in total. The molecular weight excluding hydrogens is 274 g/mol. The molecule has 3 rings (SSSR count). The summed E-state index contributed by atoms with van der Waals surface area (Å²) in [7, 11) is 2.02. The highest BCUT2D eigenvalue weighted by Gasteiger charge is 2.24. The van der Waals surface area contributed by atoms with Crippen LogP contribution in [0.1, 0.15) is 62.3 Å². The van der Waals surface area contributed by atoms with E-state index in [1.165, 1.54) is 25.0 Å². The number of anilines is 1. The van der Waals surface area contributed by atoms with E-state index in [1.54, 1.807) is 0 Å². The number of nitrogens with one attached hydrogen (secondary N) is 1. The molecule has 0 aliphatic heterocycles. The SMILES string of the molecule is Cc1cc(C2CCC2)nc(N[C@@H](c2nccn2C)C(C)C)n1. The second-order valence-corrected chi connectivity index (χ2v) is 6.65. The third kappa shape index (κ3) is 2.98. The van der Waals surface area contributed by atoms with Gasteiger partial charge in [-0.15, -0.1) is 0 Å². The zero-order chi connectivity index (χ0) is 15.7. The van der Waals surface area contributed by atoms with Gasteiger partial charge in [0.2, 0.25) is 5.95 Å². The molecule has 118 valence electrons. The largest absolute Gasteiger partial charge is 0.344 e. The molecule has 1 saturated carbocycles. The van der Waals surface area contributed by atoms with Crippen LogP contribution in [0, 0.1) is 12.8 Å². The first-order valence-electron chi connectivity index (χ1n) is 8.14. The van der Waals surface area contributed by atoms with Crippen LogP contribution in [0.2, 0.25) is 0 Å². The summed E-state index contributed by atoms with van der Waals surface area (Å²) in [6.07, 6.45) is 7.64. The molecule has 1 N–H and O–H groups in total. The molecule has 5 heteroatoms. The van der Waals surface area contributed by atoms with E-state index in [-0.39, 0.29) is 6.04 Å². The van der Waals surface area contributed by atoms with Gasteiger partial charge in [-0.05, 0) is 31.7 Å². The van der Waals surface area contributed by atoms with Crippen LogP contribution in [0.4, 0.5) is 5.95 Å². The van der Waals surface area contributed by atoms with Gasteiger partial charge in [0.05, 0.1) is 6.04 Å². The molecule has 0 spiro atoms. The monoisotopic (exact) mass is 299 g/mol. The van der Waals surface area contributed by atoms with Gasteiger partial charge in [-0.3, -0.25) is 0 Å². The van der Waals surface area contributed by atoms with Crippen molar-refractivity contribution < 1.29 is 0 Å². The lowest BCUT2D eigenvalue weighted by Gasteiger charge is -2.26. The van der Waals surface area contributed by atoms with Crippen molar-refractivity contribution in [2.75, 3.05) is 5.32 Å². The number of aromatic nitrogens is 4. The molecule has 0 unspecified atom stereocenters. The smallest absolute Gasteiger partial charge is 0.223 e. The van der Waals surface area contributed by atoms with Gasteiger partial charge >= 0.3 is 0 Å². The van der Waals surface area contributed by atoms with Crippen molar-refractivity contribution in [3.8, 4) is 0 Å². The number of imidazole rings is 1.